The van der Waals surface area contributed by atoms with Gasteiger partial charge >= 0.3 is 5.97 Å². The predicted octanol–water partition coefficient (Wildman–Crippen LogP) is 6.77. The van der Waals surface area contributed by atoms with E-state index in [0.29, 0.717) is 22.2 Å². The van der Waals surface area contributed by atoms with Crippen molar-refractivity contribution < 1.29 is 19.4 Å². The third kappa shape index (κ3) is 5.90. The molecule has 5 rings (SSSR count). The number of nitrogens with zero attached hydrogens (tertiary/aromatic N) is 2. The Morgan fingerprint density at radius 2 is 1.90 bits per heavy atom. The second-order valence-electron chi connectivity index (χ2n) is 9.04. The fourth-order valence-corrected chi connectivity index (χ4v) is 6.22. The number of ether oxygens (including phenoxy) is 1. The second kappa shape index (κ2) is 12.4. The molecule has 2 N–H and O–H groups in total. The molecule has 0 aliphatic carbocycles. The van der Waals surface area contributed by atoms with Gasteiger partial charge in [-0.3, -0.25) is 4.79 Å². The molecule has 204 valence electrons. The molecule has 9 heteroatoms. The third-order valence-electron chi connectivity index (χ3n) is 6.39. The summed E-state index contributed by atoms with van der Waals surface area (Å²) in [5.41, 5.74) is 3.63. The number of aliphatic hydroxyl groups is 1. The number of thioether (sulfide) groups is 1. The van der Waals surface area contributed by atoms with Crippen molar-refractivity contribution in [2.45, 2.75) is 33.4 Å². The largest absolute Gasteiger partial charge is 0.506 e. The molecule has 2 aromatic heterocycles. The van der Waals surface area contributed by atoms with Gasteiger partial charge in [-0.1, -0.05) is 61.2 Å². The van der Waals surface area contributed by atoms with Gasteiger partial charge in [0.1, 0.15) is 22.9 Å². The van der Waals surface area contributed by atoms with E-state index < -0.39 is 5.97 Å². The van der Waals surface area contributed by atoms with Crippen molar-refractivity contribution >= 4 is 62.7 Å². The van der Waals surface area contributed by atoms with E-state index in [1.807, 2.05) is 76.8 Å². The van der Waals surface area contributed by atoms with Gasteiger partial charge in [-0.15, -0.1) is 11.3 Å². The molecule has 0 spiro atoms. The van der Waals surface area contributed by atoms with Gasteiger partial charge in [-0.25, -0.2) is 9.79 Å². The highest BCUT2D eigenvalue weighted by Gasteiger charge is 2.33. The lowest BCUT2D eigenvalue weighted by Crippen LogP contribution is -2.26. The number of thiophene rings is 1. The van der Waals surface area contributed by atoms with E-state index in [1.54, 1.807) is 18.3 Å². The van der Waals surface area contributed by atoms with Crippen molar-refractivity contribution in [2.75, 3.05) is 6.61 Å². The number of aryl methyl sites for hydroxylation is 1. The molecule has 4 aromatic rings. The standard InChI is InChI=1S/C31H29N3O4S2/c1-3-20-10-8-14-24-21(18-34(28(20)24)19-26(35)32-17-23-13-9-15-39-23)16-25-29(36)27(31(37)38-4-2)30(40-25)33-22-11-6-5-7-12-22/h5-16,18,36H,3-4,17,19H2,1-2H3,(H,32,35)/b25-16-,33-30?. The smallest absolute Gasteiger partial charge is 0.344 e. The number of aromatic nitrogens is 1. The Balaban J connectivity index is 1.52. The Morgan fingerprint density at radius 1 is 1.07 bits per heavy atom. The van der Waals surface area contributed by atoms with Crippen molar-refractivity contribution in [3.05, 3.63) is 104 Å². The number of amides is 1. The Labute approximate surface area is 240 Å². The fourth-order valence-electron chi connectivity index (χ4n) is 4.55. The number of benzene rings is 2. The minimum absolute atomic E-state index is 0.0490. The highest BCUT2D eigenvalue weighted by molar-refractivity contribution is 8.18. The highest BCUT2D eigenvalue weighted by Crippen LogP contribution is 2.41. The number of fused-ring (bicyclic) bond motifs is 1. The molecular weight excluding hydrogens is 542 g/mol. The van der Waals surface area contributed by atoms with Crippen LogP contribution in [0.1, 0.15) is 29.9 Å². The van der Waals surface area contributed by atoms with E-state index in [2.05, 4.69) is 23.3 Å². The van der Waals surface area contributed by atoms with Crippen LogP contribution in [0.4, 0.5) is 5.69 Å². The van der Waals surface area contributed by atoms with Gasteiger partial charge in [-0.2, -0.15) is 0 Å². The molecule has 0 saturated heterocycles. The van der Waals surface area contributed by atoms with Crippen LogP contribution in [0, 0.1) is 0 Å². The first-order chi connectivity index (χ1) is 19.5. The zero-order chi connectivity index (χ0) is 28.1. The Hall–Kier alpha value is -4.08. The summed E-state index contributed by atoms with van der Waals surface area (Å²) in [7, 11) is 0. The number of aliphatic imine (C=N–C) groups is 1. The minimum Gasteiger partial charge on any atom is -0.506 e. The summed E-state index contributed by atoms with van der Waals surface area (Å²) < 4.78 is 7.19. The monoisotopic (exact) mass is 571 g/mol. The number of carbonyl (C=O) groups is 2. The molecule has 0 unspecified atom stereocenters. The van der Waals surface area contributed by atoms with Gasteiger partial charge in [0.2, 0.25) is 5.91 Å². The van der Waals surface area contributed by atoms with Gasteiger partial charge in [0.15, 0.2) is 0 Å². The quantitative estimate of drug-likeness (QED) is 0.216. The molecule has 2 aromatic carbocycles. The number of hydrogen-bond donors (Lipinski definition) is 2. The molecule has 1 aliphatic heterocycles. The van der Waals surface area contributed by atoms with Gasteiger partial charge in [0.25, 0.3) is 0 Å². The van der Waals surface area contributed by atoms with Gasteiger partial charge in [0, 0.05) is 22.0 Å². The van der Waals surface area contributed by atoms with E-state index >= 15 is 0 Å². The van der Waals surface area contributed by atoms with Crippen molar-refractivity contribution in [1.82, 2.24) is 9.88 Å². The van der Waals surface area contributed by atoms with E-state index in [4.69, 9.17) is 4.74 Å². The molecule has 0 fully saturated rings. The zero-order valence-corrected chi connectivity index (χ0v) is 23.8. The molecule has 0 radical (unpaired) electrons. The van der Waals surface area contributed by atoms with Gasteiger partial charge in [-0.05, 0) is 48.6 Å². The number of hydrogen-bond acceptors (Lipinski definition) is 7. The van der Waals surface area contributed by atoms with E-state index in [0.717, 1.165) is 33.3 Å². The summed E-state index contributed by atoms with van der Waals surface area (Å²) in [5, 5.41) is 17.5. The predicted molar refractivity (Wildman–Crippen MR) is 163 cm³/mol. The summed E-state index contributed by atoms with van der Waals surface area (Å²) >= 11 is 2.82. The van der Waals surface area contributed by atoms with Crippen LogP contribution in [0.5, 0.6) is 0 Å². The van der Waals surface area contributed by atoms with Crippen molar-refractivity contribution in [2.24, 2.45) is 4.99 Å². The first-order valence-corrected chi connectivity index (χ1v) is 14.7. The summed E-state index contributed by atoms with van der Waals surface area (Å²) in [4.78, 5) is 31.9. The van der Waals surface area contributed by atoms with Crippen LogP contribution in [0.15, 0.2) is 93.5 Å². The second-order valence-corrected chi connectivity index (χ2v) is 11.1. The number of aliphatic hydroxyl groups excluding tert-OH is 1. The van der Waals surface area contributed by atoms with E-state index in [-0.39, 0.29) is 30.4 Å². The van der Waals surface area contributed by atoms with Crippen LogP contribution in [-0.2, 0) is 33.8 Å². The van der Waals surface area contributed by atoms with Crippen LogP contribution in [0.3, 0.4) is 0 Å². The van der Waals surface area contributed by atoms with Crippen LogP contribution >= 0.6 is 23.1 Å². The molecule has 0 saturated carbocycles. The molecule has 3 heterocycles. The molecule has 1 aliphatic rings. The number of rotatable bonds is 9. The van der Waals surface area contributed by atoms with Crippen LogP contribution in [0.2, 0.25) is 0 Å². The Morgan fingerprint density at radius 3 is 2.62 bits per heavy atom. The minimum atomic E-state index is -0.622. The van der Waals surface area contributed by atoms with Crippen molar-refractivity contribution in [3.63, 3.8) is 0 Å². The summed E-state index contributed by atoms with van der Waals surface area (Å²) in [6.07, 6.45) is 4.56. The first-order valence-electron chi connectivity index (χ1n) is 13.0. The summed E-state index contributed by atoms with van der Waals surface area (Å²) in [6, 6.07) is 19.3. The first kappa shape index (κ1) is 27.5. The normalized spacial score (nSPS) is 15.3. The van der Waals surface area contributed by atoms with Crippen LogP contribution in [0.25, 0.3) is 17.0 Å². The van der Waals surface area contributed by atoms with Crippen LogP contribution in [-0.4, -0.2) is 33.2 Å². The average molecular weight is 572 g/mol. The average Bonchev–Trinajstić information content (AvgIpc) is 3.67. The molecule has 40 heavy (non-hydrogen) atoms. The molecule has 1 amide bonds. The SMILES string of the molecule is CCOC(=O)C1=C(O)/C(=C/c2cn(CC(=O)NCc3cccs3)c3c(CC)cccc23)SC1=Nc1ccccc1. The zero-order valence-electron chi connectivity index (χ0n) is 22.2. The maximum atomic E-state index is 12.9. The topological polar surface area (TPSA) is 92.9 Å². The maximum absolute atomic E-state index is 12.9. The number of esters is 1. The van der Waals surface area contributed by atoms with E-state index in [1.165, 1.54) is 11.8 Å². The Bertz CT molecular complexity index is 1630. The third-order valence-corrected chi connectivity index (χ3v) is 8.29. The lowest BCUT2D eigenvalue weighted by molar-refractivity contribution is -0.138. The number of nitrogens with one attached hydrogen (secondary N) is 1. The summed E-state index contributed by atoms with van der Waals surface area (Å²) in [6.45, 7) is 4.63. The molecule has 7 nitrogen and oxygen atoms in total. The van der Waals surface area contributed by atoms with E-state index in [9.17, 15) is 14.7 Å². The maximum Gasteiger partial charge on any atom is 0.344 e. The van der Waals surface area contributed by atoms with Gasteiger partial charge in [0.05, 0.1) is 29.3 Å². The van der Waals surface area contributed by atoms with Crippen molar-refractivity contribution in [1.29, 1.82) is 0 Å². The summed E-state index contributed by atoms with van der Waals surface area (Å²) in [5.74, 6) is -0.877. The van der Waals surface area contributed by atoms with Crippen LogP contribution < -0.4 is 5.32 Å². The highest BCUT2D eigenvalue weighted by atomic mass is 32.2. The molecule has 0 atom stereocenters. The number of para-hydroxylation sites is 2. The van der Waals surface area contributed by atoms with Crippen molar-refractivity contribution in [3.8, 4) is 0 Å². The molecule has 0 bridgehead atoms. The lowest BCUT2D eigenvalue weighted by Gasteiger charge is -2.09. The van der Waals surface area contributed by atoms with Gasteiger partial charge < -0.3 is 19.7 Å². The number of carbonyl (C=O) groups excluding carboxylic acids is 2. The molecular formula is C31H29N3O4S2. The lowest BCUT2D eigenvalue weighted by atomic mass is 10.1. The fraction of sp³-hybridized carbons (Fsp3) is 0.194. The Kier molecular flexibility index (Phi) is 8.52.